The molecular weight excluding hydrogens is 403 g/mol. The molecule has 1 aromatic carbocycles. The van der Waals surface area contributed by atoms with Crippen LogP contribution in [0.15, 0.2) is 50.6 Å². The SMILES string of the molecule is O=c1[nH]c(-c2cccn(CC3CNCCOC3c3ccc(Cl)c(F)c3)c2=O)no1. The Balaban J connectivity index is 1.66. The first-order valence-corrected chi connectivity index (χ1v) is 9.44. The van der Waals surface area contributed by atoms with E-state index in [0.29, 0.717) is 31.8 Å². The summed E-state index contributed by atoms with van der Waals surface area (Å²) in [4.78, 5) is 26.5. The van der Waals surface area contributed by atoms with E-state index in [1.54, 1.807) is 24.4 Å². The smallest absolute Gasteiger partial charge is 0.372 e. The fourth-order valence-electron chi connectivity index (χ4n) is 3.47. The van der Waals surface area contributed by atoms with Crippen molar-refractivity contribution < 1.29 is 13.7 Å². The molecule has 1 aliphatic rings. The van der Waals surface area contributed by atoms with Gasteiger partial charge in [0.25, 0.3) is 5.56 Å². The van der Waals surface area contributed by atoms with Crippen LogP contribution in [0.1, 0.15) is 11.7 Å². The molecule has 8 nitrogen and oxygen atoms in total. The average Bonchev–Trinajstić information content (AvgIpc) is 3.00. The van der Waals surface area contributed by atoms with E-state index in [2.05, 4.69) is 20.0 Å². The molecule has 152 valence electrons. The third-order valence-electron chi connectivity index (χ3n) is 4.83. The Labute approximate surface area is 169 Å². The van der Waals surface area contributed by atoms with E-state index in [-0.39, 0.29) is 27.9 Å². The normalized spacial score (nSPS) is 19.8. The van der Waals surface area contributed by atoms with Gasteiger partial charge in [-0.2, -0.15) is 0 Å². The highest BCUT2D eigenvalue weighted by atomic mass is 35.5. The van der Waals surface area contributed by atoms with Crippen molar-refractivity contribution in [2.45, 2.75) is 12.6 Å². The summed E-state index contributed by atoms with van der Waals surface area (Å²) >= 11 is 5.80. The predicted octanol–water partition coefficient (Wildman–Crippen LogP) is 1.96. The molecule has 1 aliphatic heterocycles. The topological polar surface area (TPSA) is 102 Å². The second-order valence-corrected chi connectivity index (χ2v) is 7.16. The standard InChI is InChI=1S/C19H18ClFN4O4/c20-14-4-3-11(8-15(14)21)16-12(9-22-5-7-28-16)10-25-6-1-2-13(18(25)26)17-23-19(27)29-24-17/h1-4,6,8,12,16,22H,5,7,9-10H2,(H,23,24,27). The zero-order valence-electron chi connectivity index (χ0n) is 15.2. The highest BCUT2D eigenvalue weighted by molar-refractivity contribution is 6.30. The fourth-order valence-corrected chi connectivity index (χ4v) is 3.58. The summed E-state index contributed by atoms with van der Waals surface area (Å²) in [6.45, 7) is 2.00. The number of benzene rings is 1. The third-order valence-corrected chi connectivity index (χ3v) is 5.14. The molecule has 4 rings (SSSR count). The van der Waals surface area contributed by atoms with Gasteiger partial charge in [0.15, 0.2) is 5.82 Å². The van der Waals surface area contributed by atoms with E-state index in [1.165, 1.54) is 16.7 Å². The lowest BCUT2D eigenvalue weighted by atomic mass is 9.95. The van der Waals surface area contributed by atoms with Gasteiger partial charge in [0.2, 0.25) is 0 Å². The summed E-state index contributed by atoms with van der Waals surface area (Å²) in [5, 5.41) is 6.90. The monoisotopic (exact) mass is 420 g/mol. The number of H-pyrrole nitrogens is 1. The molecule has 1 saturated heterocycles. The minimum atomic E-state index is -0.735. The molecule has 1 fully saturated rings. The molecule has 0 amide bonds. The van der Waals surface area contributed by atoms with Crippen LogP contribution in [-0.2, 0) is 11.3 Å². The van der Waals surface area contributed by atoms with Gasteiger partial charge in [-0.1, -0.05) is 22.8 Å². The minimum absolute atomic E-state index is 0.0440. The van der Waals surface area contributed by atoms with Crippen LogP contribution < -0.4 is 16.6 Å². The summed E-state index contributed by atoms with van der Waals surface area (Å²) < 4.78 is 26.0. The maximum atomic E-state index is 14.0. The highest BCUT2D eigenvalue weighted by Gasteiger charge is 2.28. The molecule has 0 spiro atoms. The van der Waals surface area contributed by atoms with Crippen LogP contribution in [-0.4, -0.2) is 34.4 Å². The van der Waals surface area contributed by atoms with Crippen LogP contribution in [0.25, 0.3) is 11.4 Å². The number of hydrogen-bond acceptors (Lipinski definition) is 6. The largest absolute Gasteiger partial charge is 0.439 e. The number of aromatic amines is 1. The van der Waals surface area contributed by atoms with Crippen LogP contribution in [0.5, 0.6) is 0 Å². The zero-order chi connectivity index (χ0) is 20.4. The quantitative estimate of drug-likeness (QED) is 0.669. The summed E-state index contributed by atoms with van der Waals surface area (Å²) in [5.41, 5.74) is 0.544. The van der Waals surface area contributed by atoms with Crippen LogP contribution in [0, 0.1) is 11.7 Å². The molecule has 3 heterocycles. The van der Waals surface area contributed by atoms with Gasteiger partial charge in [0.05, 0.1) is 23.3 Å². The van der Waals surface area contributed by atoms with Crippen LogP contribution >= 0.6 is 11.6 Å². The summed E-state index contributed by atoms with van der Waals surface area (Å²) in [5.74, 6) is -1.33. The summed E-state index contributed by atoms with van der Waals surface area (Å²) in [6.07, 6.45) is 1.23. The lowest BCUT2D eigenvalue weighted by Crippen LogP contribution is -2.32. The van der Waals surface area contributed by atoms with Gasteiger partial charge in [0, 0.05) is 31.7 Å². The van der Waals surface area contributed by atoms with Crippen molar-refractivity contribution in [3.8, 4) is 11.4 Å². The molecule has 2 atom stereocenters. The Morgan fingerprint density at radius 1 is 1.31 bits per heavy atom. The molecule has 2 aromatic heterocycles. The number of pyridine rings is 1. The molecule has 29 heavy (non-hydrogen) atoms. The van der Waals surface area contributed by atoms with E-state index in [9.17, 15) is 14.0 Å². The van der Waals surface area contributed by atoms with Crippen LogP contribution in [0.4, 0.5) is 4.39 Å². The van der Waals surface area contributed by atoms with Crippen molar-refractivity contribution in [3.63, 3.8) is 0 Å². The number of aromatic nitrogens is 3. The summed E-state index contributed by atoms with van der Waals surface area (Å²) in [7, 11) is 0. The van der Waals surface area contributed by atoms with Crippen LogP contribution in [0.3, 0.4) is 0 Å². The number of nitrogens with zero attached hydrogens (tertiary/aromatic N) is 2. The molecular formula is C19H18ClFN4O4. The second-order valence-electron chi connectivity index (χ2n) is 6.75. The lowest BCUT2D eigenvalue weighted by molar-refractivity contribution is 0.0249. The van der Waals surface area contributed by atoms with E-state index in [4.69, 9.17) is 16.3 Å². The molecule has 0 aliphatic carbocycles. The van der Waals surface area contributed by atoms with Gasteiger partial charge in [-0.15, -0.1) is 0 Å². The van der Waals surface area contributed by atoms with Crippen molar-refractivity contribution in [2.24, 2.45) is 5.92 Å². The first kappa shape index (κ1) is 19.6. The van der Waals surface area contributed by atoms with Gasteiger partial charge in [-0.25, -0.2) is 9.18 Å². The van der Waals surface area contributed by atoms with Crippen molar-refractivity contribution in [2.75, 3.05) is 19.7 Å². The fraction of sp³-hybridized carbons (Fsp3) is 0.316. The minimum Gasteiger partial charge on any atom is -0.372 e. The Morgan fingerprint density at radius 3 is 2.93 bits per heavy atom. The van der Waals surface area contributed by atoms with E-state index in [0.717, 1.165) is 0 Å². The summed E-state index contributed by atoms with van der Waals surface area (Å²) in [6, 6.07) is 7.84. The maximum Gasteiger partial charge on any atom is 0.439 e. The predicted molar refractivity (Wildman–Crippen MR) is 103 cm³/mol. The Hall–Kier alpha value is -2.75. The van der Waals surface area contributed by atoms with Gasteiger partial charge in [-0.3, -0.25) is 14.3 Å². The Bertz CT molecular complexity index is 1130. The molecule has 0 radical (unpaired) electrons. The van der Waals surface area contributed by atoms with Crippen LogP contribution in [0.2, 0.25) is 5.02 Å². The van der Waals surface area contributed by atoms with Gasteiger partial charge in [-0.05, 0) is 29.8 Å². The van der Waals surface area contributed by atoms with Gasteiger partial charge < -0.3 is 14.6 Å². The number of rotatable bonds is 4. The molecule has 2 unspecified atom stereocenters. The van der Waals surface area contributed by atoms with Crippen molar-refractivity contribution in [1.29, 1.82) is 0 Å². The zero-order valence-corrected chi connectivity index (χ0v) is 16.0. The molecule has 3 aromatic rings. The van der Waals surface area contributed by atoms with Crippen molar-refractivity contribution in [1.82, 2.24) is 20.0 Å². The Morgan fingerprint density at radius 2 is 2.17 bits per heavy atom. The molecule has 10 heteroatoms. The lowest BCUT2D eigenvalue weighted by Gasteiger charge is -2.26. The average molecular weight is 421 g/mol. The molecule has 0 saturated carbocycles. The first-order valence-electron chi connectivity index (χ1n) is 9.06. The van der Waals surface area contributed by atoms with Crippen molar-refractivity contribution >= 4 is 11.6 Å². The number of hydrogen-bond donors (Lipinski definition) is 2. The van der Waals surface area contributed by atoms with E-state index in [1.807, 2.05) is 0 Å². The van der Waals surface area contributed by atoms with Gasteiger partial charge in [0.1, 0.15) is 5.82 Å². The molecule has 2 N–H and O–H groups in total. The highest BCUT2D eigenvalue weighted by Crippen LogP contribution is 2.30. The number of halogens is 2. The first-order chi connectivity index (χ1) is 14.0. The Kier molecular flexibility index (Phi) is 5.61. The van der Waals surface area contributed by atoms with E-state index >= 15 is 0 Å². The van der Waals surface area contributed by atoms with Gasteiger partial charge >= 0.3 is 5.76 Å². The number of ether oxygens (including phenoxy) is 1. The number of nitrogens with one attached hydrogen (secondary N) is 2. The maximum absolute atomic E-state index is 14.0. The second kappa shape index (κ2) is 8.32. The van der Waals surface area contributed by atoms with Crippen molar-refractivity contribution in [3.05, 3.63) is 73.8 Å². The van der Waals surface area contributed by atoms with E-state index < -0.39 is 17.7 Å². The molecule has 0 bridgehead atoms. The third kappa shape index (κ3) is 4.16.